The van der Waals surface area contributed by atoms with E-state index in [1.54, 1.807) is 7.05 Å². The van der Waals surface area contributed by atoms with Gasteiger partial charge in [0.15, 0.2) is 5.96 Å². The summed E-state index contributed by atoms with van der Waals surface area (Å²) in [5, 5.41) is 6.55. The van der Waals surface area contributed by atoms with E-state index in [4.69, 9.17) is 4.74 Å². The summed E-state index contributed by atoms with van der Waals surface area (Å²) in [6.45, 7) is 10.1. The highest BCUT2D eigenvalue weighted by molar-refractivity contribution is 5.79. The van der Waals surface area contributed by atoms with Gasteiger partial charge in [0.2, 0.25) is 0 Å². The van der Waals surface area contributed by atoms with Gasteiger partial charge < -0.3 is 15.4 Å². The first-order chi connectivity index (χ1) is 9.51. The van der Waals surface area contributed by atoms with Crippen LogP contribution in [-0.2, 0) is 0 Å². The topological polar surface area (TPSA) is 45.7 Å². The van der Waals surface area contributed by atoms with E-state index in [-0.39, 0.29) is 6.10 Å². The molecular formula is C16H27N3O. The zero-order chi connectivity index (χ0) is 15.0. The number of aliphatic imine (C=N–C) groups is 1. The van der Waals surface area contributed by atoms with Crippen LogP contribution in [-0.4, -0.2) is 32.2 Å². The van der Waals surface area contributed by atoms with Crippen LogP contribution >= 0.6 is 0 Å². The van der Waals surface area contributed by atoms with E-state index in [0.717, 1.165) is 18.3 Å². The summed E-state index contributed by atoms with van der Waals surface area (Å²) in [6.07, 6.45) is 0.0790. The number of ether oxygens (including phenoxy) is 1. The van der Waals surface area contributed by atoms with E-state index in [2.05, 4.69) is 48.5 Å². The Morgan fingerprint density at radius 2 is 1.70 bits per heavy atom. The lowest BCUT2D eigenvalue weighted by Crippen LogP contribution is -2.42. The molecular weight excluding hydrogens is 250 g/mol. The number of rotatable bonds is 6. The Balaban J connectivity index is 2.34. The van der Waals surface area contributed by atoms with Crippen LogP contribution in [0, 0.1) is 12.8 Å². The second kappa shape index (κ2) is 8.46. The van der Waals surface area contributed by atoms with Gasteiger partial charge in [0.05, 0.1) is 6.54 Å². The Morgan fingerprint density at radius 3 is 2.25 bits per heavy atom. The average Bonchev–Trinajstić information content (AvgIpc) is 2.41. The Hall–Kier alpha value is -1.71. The fraction of sp³-hybridized carbons (Fsp3) is 0.562. The van der Waals surface area contributed by atoms with Gasteiger partial charge in [-0.05, 0) is 31.9 Å². The Kier molecular flexibility index (Phi) is 6.91. The summed E-state index contributed by atoms with van der Waals surface area (Å²) in [6, 6.07) is 8.10. The summed E-state index contributed by atoms with van der Waals surface area (Å²) in [5.41, 5.74) is 1.24. The number of aryl methyl sites for hydroxylation is 1. The second-order valence-electron chi connectivity index (χ2n) is 5.47. The van der Waals surface area contributed by atoms with Crippen LogP contribution in [0.25, 0.3) is 0 Å². The molecule has 0 bridgehead atoms. The zero-order valence-corrected chi connectivity index (χ0v) is 13.2. The molecule has 0 saturated heterocycles. The lowest BCUT2D eigenvalue weighted by Gasteiger charge is -2.18. The normalized spacial score (nSPS) is 13.2. The Labute approximate surface area is 122 Å². The van der Waals surface area contributed by atoms with Crippen molar-refractivity contribution in [2.45, 2.75) is 33.8 Å². The van der Waals surface area contributed by atoms with Crippen molar-refractivity contribution in [1.82, 2.24) is 10.6 Å². The predicted molar refractivity (Wildman–Crippen MR) is 85.5 cm³/mol. The average molecular weight is 277 g/mol. The van der Waals surface area contributed by atoms with Crippen LogP contribution in [0.4, 0.5) is 0 Å². The Morgan fingerprint density at radius 1 is 1.10 bits per heavy atom. The van der Waals surface area contributed by atoms with Crippen LogP contribution in [0.15, 0.2) is 29.3 Å². The van der Waals surface area contributed by atoms with E-state index in [0.29, 0.717) is 12.5 Å². The highest BCUT2D eigenvalue weighted by Crippen LogP contribution is 2.12. The lowest BCUT2D eigenvalue weighted by molar-refractivity contribution is 0.224. The quantitative estimate of drug-likeness (QED) is 0.620. The highest BCUT2D eigenvalue weighted by atomic mass is 16.5. The van der Waals surface area contributed by atoms with Gasteiger partial charge in [0.1, 0.15) is 11.9 Å². The van der Waals surface area contributed by atoms with Crippen molar-refractivity contribution in [3.63, 3.8) is 0 Å². The van der Waals surface area contributed by atoms with Crippen molar-refractivity contribution in [3.05, 3.63) is 29.8 Å². The van der Waals surface area contributed by atoms with E-state index in [9.17, 15) is 0 Å². The largest absolute Gasteiger partial charge is 0.489 e. The first-order valence-electron chi connectivity index (χ1n) is 7.19. The second-order valence-corrected chi connectivity index (χ2v) is 5.47. The van der Waals surface area contributed by atoms with Gasteiger partial charge in [-0.25, -0.2) is 0 Å². The van der Waals surface area contributed by atoms with Crippen LogP contribution in [0.1, 0.15) is 26.3 Å². The third kappa shape index (κ3) is 6.45. The van der Waals surface area contributed by atoms with Crippen LogP contribution in [0.2, 0.25) is 0 Å². The van der Waals surface area contributed by atoms with Gasteiger partial charge in [-0.15, -0.1) is 0 Å². The molecule has 4 nitrogen and oxygen atoms in total. The molecule has 0 fully saturated rings. The van der Waals surface area contributed by atoms with Crippen molar-refractivity contribution in [1.29, 1.82) is 0 Å². The minimum absolute atomic E-state index is 0.0790. The summed E-state index contributed by atoms with van der Waals surface area (Å²) < 4.78 is 5.84. The fourth-order valence-electron chi connectivity index (χ4n) is 1.65. The van der Waals surface area contributed by atoms with Crippen LogP contribution < -0.4 is 15.4 Å². The summed E-state index contributed by atoms with van der Waals surface area (Å²) in [4.78, 5) is 4.19. The molecule has 0 amide bonds. The van der Waals surface area contributed by atoms with E-state index < -0.39 is 0 Å². The lowest BCUT2D eigenvalue weighted by atomic mass is 10.2. The van der Waals surface area contributed by atoms with Gasteiger partial charge in [-0.1, -0.05) is 31.5 Å². The molecule has 0 heterocycles. The molecule has 1 rings (SSSR count). The Bertz CT molecular complexity index is 412. The standard InChI is InChI=1S/C16H27N3O/c1-12(2)10-18-16(17-5)19-11-14(4)20-15-8-6-13(3)7-9-15/h6-9,12,14H,10-11H2,1-5H3,(H2,17,18,19). The monoisotopic (exact) mass is 277 g/mol. The maximum absolute atomic E-state index is 5.84. The highest BCUT2D eigenvalue weighted by Gasteiger charge is 2.06. The van der Waals surface area contributed by atoms with Crippen molar-refractivity contribution < 1.29 is 4.74 Å². The SMILES string of the molecule is CN=C(NCC(C)C)NCC(C)Oc1ccc(C)cc1. The third-order valence-corrected chi connectivity index (χ3v) is 2.82. The molecule has 4 heteroatoms. The minimum Gasteiger partial charge on any atom is -0.489 e. The summed E-state index contributed by atoms with van der Waals surface area (Å²) >= 11 is 0. The molecule has 1 unspecified atom stereocenters. The molecule has 2 N–H and O–H groups in total. The van der Waals surface area contributed by atoms with Crippen LogP contribution in [0.3, 0.4) is 0 Å². The third-order valence-electron chi connectivity index (χ3n) is 2.82. The molecule has 0 radical (unpaired) electrons. The molecule has 0 aliphatic heterocycles. The number of nitrogens with zero attached hydrogens (tertiary/aromatic N) is 1. The molecule has 0 aromatic heterocycles. The first-order valence-corrected chi connectivity index (χ1v) is 7.19. The fourth-order valence-corrected chi connectivity index (χ4v) is 1.65. The molecule has 112 valence electrons. The molecule has 1 atom stereocenters. The number of nitrogens with one attached hydrogen (secondary N) is 2. The zero-order valence-electron chi connectivity index (χ0n) is 13.2. The van der Waals surface area contributed by atoms with Gasteiger partial charge >= 0.3 is 0 Å². The minimum atomic E-state index is 0.0790. The van der Waals surface area contributed by atoms with Gasteiger partial charge in [0.25, 0.3) is 0 Å². The maximum Gasteiger partial charge on any atom is 0.191 e. The number of benzene rings is 1. The predicted octanol–water partition coefficient (Wildman–Crippen LogP) is 2.58. The first kappa shape index (κ1) is 16.3. The van der Waals surface area contributed by atoms with Gasteiger partial charge in [-0.3, -0.25) is 4.99 Å². The van der Waals surface area contributed by atoms with E-state index in [1.807, 2.05) is 19.1 Å². The smallest absolute Gasteiger partial charge is 0.191 e. The molecule has 0 saturated carbocycles. The number of hydrogen-bond donors (Lipinski definition) is 2. The van der Waals surface area contributed by atoms with Crippen molar-refractivity contribution in [2.75, 3.05) is 20.1 Å². The summed E-state index contributed by atoms with van der Waals surface area (Å²) in [5.74, 6) is 2.31. The van der Waals surface area contributed by atoms with Crippen molar-refractivity contribution in [2.24, 2.45) is 10.9 Å². The molecule has 0 spiro atoms. The molecule has 0 aliphatic carbocycles. The number of guanidine groups is 1. The molecule has 1 aromatic rings. The maximum atomic E-state index is 5.84. The van der Waals surface area contributed by atoms with Gasteiger partial charge in [-0.2, -0.15) is 0 Å². The molecule has 0 aliphatic rings. The van der Waals surface area contributed by atoms with Gasteiger partial charge in [0, 0.05) is 13.6 Å². The number of hydrogen-bond acceptors (Lipinski definition) is 2. The van der Waals surface area contributed by atoms with Crippen molar-refractivity contribution in [3.8, 4) is 5.75 Å². The molecule has 20 heavy (non-hydrogen) atoms. The molecule has 1 aromatic carbocycles. The van der Waals surface area contributed by atoms with Crippen molar-refractivity contribution >= 4 is 5.96 Å². The van der Waals surface area contributed by atoms with E-state index >= 15 is 0 Å². The van der Waals surface area contributed by atoms with E-state index in [1.165, 1.54) is 5.56 Å². The summed E-state index contributed by atoms with van der Waals surface area (Å²) in [7, 11) is 1.78. The van der Waals surface area contributed by atoms with Crippen LogP contribution in [0.5, 0.6) is 5.75 Å².